The van der Waals surface area contributed by atoms with E-state index in [0.717, 1.165) is 19.4 Å². The molecule has 0 bridgehead atoms. The van der Waals surface area contributed by atoms with Crippen molar-refractivity contribution in [3.05, 3.63) is 77.9 Å². The SMILES string of the molecule is Cc1c(C(=O)NCCCCN(C)c2ccccc2)cnn1-c1ccccc1F. The molecule has 3 aromatic rings. The predicted molar refractivity (Wildman–Crippen MR) is 110 cm³/mol. The van der Waals surface area contributed by atoms with Crippen molar-refractivity contribution in [2.75, 3.05) is 25.0 Å². The first-order valence-electron chi connectivity index (χ1n) is 9.42. The van der Waals surface area contributed by atoms with Crippen LogP contribution in [0.15, 0.2) is 60.8 Å². The summed E-state index contributed by atoms with van der Waals surface area (Å²) >= 11 is 0. The zero-order valence-corrected chi connectivity index (χ0v) is 16.2. The van der Waals surface area contributed by atoms with Gasteiger partial charge in [0.05, 0.1) is 17.5 Å². The molecule has 3 rings (SSSR count). The van der Waals surface area contributed by atoms with Gasteiger partial charge in [-0.1, -0.05) is 30.3 Å². The van der Waals surface area contributed by atoms with Crippen LogP contribution in [0.2, 0.25) is 0 Å². The summed E-state index contributed by atoms with van der Waals surface area (Å²) in [7, 11) is 2.06. The van der Waals surface area contributed by atoms with Gasteiger partial charge in [0, 0.05) is 25.8 Å². The highest BCUT2D eigenvalue weighted by atomic mass is 19.1. The van der Waals surface area contributed by atoms with Gasteiger partial charge in [-0.25, -0.2) is 9.07 Å². The Kier molecular flexibility index (Phi) is 6.42. The molecule has 28 heavy (non-hydrogen) atoms. The number of nitrogens with zero attached hydrogens (tertiary/aromatic N) is 3. The molecule has 5 nitrogen and oxygen atoms in total. The van der Waals surface area contributed by atoms with E-state index in [2.05, 4.69) is 34.5 Å². The van der Waals surface area contributed by atoms with Gasteiger partial charge in [0.2, 0.25) is 0 Å². The minimum atomic E-state index is -0.372. The Morgan fingerprint density at radius 1 is 1.11 bits per heavy atom. The molecule has 6 heteroatoms. The number of rotatable bonds is 8. The Morgan fingerprint density at radius 3 is 2.57 bits per heavy atom. The fourth-order valence-electron chi connectivity index (χ4n) is 3.08. The lowest BCUT2D eigenvalue weighted by molar-refractivity contribution is 0.0952. The van der Waals surface area contributed by atoms with Crippen LogP contribution in [0.3, 0.4) is 0 Å². The maximum atomic E-state index is 14.0. The standard InChI is InChI=1S/C22H25FN4O/c1-17-19(16-25-27(17)21-13-7-6-12-20(21)23)22(28)24-14-8-9-15-26(2)18-10-4-3-5-11-18/h3-7,10-13,16H,8-9,14-15H2,1-2H3,(H,24,28). The molecular formula is C22H25FN4O. The van der Waals surface area contributed by atoms with Crippen LogP contribution in [0.4, 0.5) is 10.1 Å². The molecule has 146 valence electrons. The van der Waals surface area contributed by atoms with E-state index in [0.29, 0.717) is 23.5 Å². The molecule has 0 saturated heterocycles. The molecule has 2 aromatic carbocycles. The van der Waals surface area contributed by atoms with E-state index < -0.39 is 0 Å². The number of anilines is 1. The van der Waals surface area contributed by atoms with Crippen LogP contribution in [0.5, 0.6) is 0 Å². The number of amides is 1. The van der Waals surface area contributed by atoms with Gasteiger partial charge in [-0.3, -0.25) is 4.79 Å². The molecule has 1 heterocycles. The zero-order chi connectivity index (χ0) is 19.9. The highest BCUT2D eigenvalue weighted by Gasteiger charge is 2.16. The maximum absolute atomic E-state index is 14.0. The predicted octanol–water partition coefficient (Wildman–Crippen LogP) is 3.97. The zero-order valence-electron chi connectivity index (χ0n) is 16.2. The summed E-state index contributed by atoms with van der Waals surface area (Å²) in [5.74, 6) is -0.556. The third-order valence-electron chi connectivity index (χ3n) is 4.74. The van der Waals surface area contributed by atoms with E-state index in [1.807, 2.05) is 18.2 Å². The first-order valence-corrected chi connectivity index (χ1v) is 9.42. The second-order valence-electron chi connectivity index (χ2n) is 6.73. The van der Waals surface area contributed by atoms with Crippen LogP contribution in [-0.2, 0) is 0 Å². The number of hydrogen-bond donors (Lipinski definition) is 1. The van der Waals surface area contributed by atoms with Crippen molar-refractivity contribution in [3.63, 3.8) is 0 Å². The molecule has 0 spiro atoms. The van der Waals surface area contributed by atoms with Crippen molar-refractivity contribution in [2.24, 2.45) is 0 Å². The Balaban J connectivity index is 1.49. The molecule has 1 amide bonds. The van der Waals surface area contributed by atoms with E-state index in [4.69, 9.17) is 0 Å². The minimum Gasteiger partial charge on any atom is -0.375 e. The molecule has 0 aliphatic rings. The van der Waals surface area contributed by atoms with Gasteiger partial charge in [-0.2, -0.15) is 5.10 Å². The molecule has 0 saturated carbocycles. The minimum absolute atomic E-state index is 0.184. The van der Waals surface area contributed by atoms with Crippen molar-refractivity contribution in [2.45, 2.75) is 19.8 Å². The molecular weight excluding hydrogens is 355 g/mol. The number of aromatic nitrogens is 2. The molecule has 0 aliphatic carbocycles. The highest BCUT2D eigenvalue weighted by Crippen LogP contribution is 2.17. The molecule has 0 atom stereocenters. The Labute approximate surface area is 164 Å². The fourth-order valence-corrected chi connectivity index (χ4v) is 3.08. The summed E-state index contributed by atoms with van der Waals surface area (Å²) in [4.78, 5) is 14.6. The summed E-state index contributed by atoms with van der Waals surface area (Å²) in [6.45, 7) is 3.28. The van der Waals surface area contributed by atoms with E-state index in [-0.39, 0.29) is 11.7 Å². The Bertz CT molecular complexity index is 923. The monoisotopic (exact) mass is 380 g/mol. The molecule has 0 unspecified atom stereocenters. The summed E-state index contributed by atoms with van der Waals surface area (Å²) in [5, 5.41) is 7.11. The first kappa shape index (κ1) is 19.6. The van der Waals surface area contributed by atoms with Crippen molar-refractivity contribution < 1.29 is 9.18 Å². The van der Waals surface area contributed by atoms with E-state index in [1.165, 1.54) is 22.6 Å². The smallest absolute Gasteiger partial charge is 0.254 e. The van der Waals surface area contributed by atoms with Gasteiger partial charge in [-0.05, 0) is 44.0 Å². The number of benzene rings is 2. The van der Waals surface area contributed by atoms with Crippen LogP contribution >= 0.6 is 0 Å². The summed E-state index contributed by atoms with van der Waals surface area (Å²) in [6.07, 6.45) is 3.34. The Hall–Kier alpha value is -3.15. The summed E-state index contributed by atoms with van der Waals surface area (Å²) in [5.41, 5.74) is 2.60. The van der Waals surface area contributed by atoms with Crippen molar-refractivity contribution in [1.82, 2.24) is 15.1 Å². The number of carbonyl (C=O) groups excluding carboxylic acids is 1. The van der Waals surface area contributed by atoms with Crippen LogP contribution < -0.4 is 10.2 Å². The van der Waals surface area contributed by atoms with Crippen molar-refractivity contribution in [1.29, 1.82) is 0 Å². The van der Waals surface area contributed by atoms with Gasteiger partial charge in [0.15, 0.2) is 0 Å². The van der Waals surface area contributed by atoms with E-state index >= 15 is 0 Å². The van der Waals surface area contributed by atoms with Crippen molar-refractivity contribution in [3.8, 4) is 5.69 Å². The number of carbonyl (C=O) groups is 1. The Morgan fingerprint density at radius 2 is 1.82 bits per heavy atom. The molecule has 1 aromatic heterocycles. The van der Waals surface area contributed by atoms with Gasteiger partial charge in [-0.15, -0.1) is 0 Å². The average molecular weight is 380 g/mol. The molecule has 0 fully saturated rings. The molecule has 0 aliphatic heterocycles. The lowest BCUT2D eigenvalue weighted by Crippen LogP contribution is -2.26. The van der Waals surface area contributed by atoms with Crippen LogP contribution in [0.25, 0.3) is 5.69 Å². The number of nitrogens with one attached hydrogen (secondary N) is 1. The van der Waals surface area contributed by atoms with Crippen LogP contribution in [-0.4, -0.2) is 35.8 Å². The number of hydrogen-bond acceptors (Lipinski definition) is 3. The molecule has 1 N–H and O–H groups in total. The van der Waals surface area contributed by atoms with Crippen LogP contribution in [0, 0.1) is 12.7 Å². The summed E-state index contributed by atoms with van der Waals surface area (Å²) < 4.78 is 15.4. The third-order valence-corrected chi connectivity index (χ3v) is 4.74. The van der Waals surface area contributed by atoms with E-state index in [9.17, 15) is 9.18 Å². The number of unbranched alkanes of at least 4 members (excludes halogenated alkanes) is 1. The number of halogens is 1. The summed E-state index contributed by atoms with van der Waals surface area (Å²) in [6, 6.07) is 16.6. The second-order valence-corrected chi connectivity index (χ2v) is 6.73. The molecule has 0 radical (unpaired) electrons. The lowest BCUT2D eigenvalue weighted by atomic mass is 10.2. The average Bonchev–Trinajstić information content (AvgIpc) is 3.09. The topological polar surface area (TPSA) is 50.2 Å². The van der Waals surface area contributed by atoms with E-state index in [1.54, 1.807) is 25.1 Å². The van der Waals surface area contributed by atoms with Gasteiger partial charge >= 0.3 is 0 Å². The van der Waals surface area contributed by atoms with Gasteiger partial charge < -0.3 is 10.2 Å². The van der Waals surface area contributed by atoms with Gasteiger partial charge in [0.1, 0.15) is 11.5 Å². The quantitative estimate of drug-likeness (QED) is 0.602. The van der Waals surface area contributed by atoms with Crippen LogP contribution in [0.1, 0.15) is 28.9 Å². The third kappa shape index (κ3) is 4.57. The highest BCUT2D eigenvalue weighted by molar-refractivity contribution is 5.95. The largest absolute Gasteiger partial charge is 0.375 e. The second kappa shape index (κ2) is 9.17. The van der Waals surface area contributed by atoms with Gasteiger partial charge in [0.25, 0.3) is 5.91 Å². The number of para-hydroxylation sites is 2. The fraction of sp³-hybridized carbons (Fsp3) is 0.273. The normalized spacial score (nSPS) is 10.7. The first-order chi connectivity index (χ1) is 13.6. The maximum Gasteiger partial charge on any atom is 0.254 e. The lowest BCUT2D eigenvalue weighted by Gasteiger charge is -2.19. The van der Waals surface area contributed by atoms with Crippen molar-refractivity contribution >= 4 is 11.6 Å².